The molecule has 24 heavy (non-hydrogen) atoms. The number of hydrogen-bond acceptors (Lipinski definition) is 6. The molecule has 1 rings (SSSR count). The molecular formula is C15H30BN3O5. The summed E-state index contributed by atoms with van der Waals surface area (Å²) in [5.74, 6) is 0. The summed E-state index contributed by atoms with van der Waals surface area (Å²) in [7, 11) is 1.73. The molecule has 138 valence electrons. The lowest BCUT2D eigenvalue weighted by Crippen LogP contribution is -2.36. The number of aromatic nitrogens is 2. The average Bonchev–Trinajstić information content (AvgIpc) is 2.85. The minimum atomic E-state index is -1.59. The molecule has 0 atom stereocenters. The normalized spacial score (nSPS) is 10.7. The van der Waals surface area contributed by atoms with E-state index in [0.717, 1.165) is 0 Å². The molecule has 1 aromatic heterocycles. The zero-order valence-corrected chi connectivity index (χ0v) is 15.7. The molecule has 0 bridgehead atoms. The molecule has 2 N–H and O–H groups in total. The lowest BCUT2D eigenvalue weighted by Gasteiger charge is -2.24. The minimum absolute atomic E-state index is 0.135. The highest BCUT2D eigenvalue weighted by Crippen LogP contribution is 2.08. The molecule has 1 aromatic rings. The van der Waals surface area contributed by atoms with Gasteiger partial charge in [-0.25, -0.2) is 4.79 Å². The summed E-state index contributed by atoms with van der Waals surface area (Å²) in [6.07, 6.45) is 1.11. The number of amides is 1. The van der Waals surface area contributed by atoms with Crippen molar-refractivity contribution in [2.24, 2.45) is 7.05 Å². The van der Waals surface area contributed by atoms with Crippen molar-refractivity contribution in [3.05, 3.63) is 11.9 Å². The average molecular weight is 343 g/mol. The second-order valence-electron chi connectivity index (χ2n) is 6.03. The van der Waals surface area contributed by atoms with Crippen molar-refractivity contribution in [3.63, 3.8) is 0 Å². The van der Waals surface area contributed by atoms with Crippen molar-refractivity contribution in [2.45, 2.75) is 46.8 Å². The third kappa shape index (κ3) is 8.33. The molecule has 1 heterocycles. The summed E-state index contributed by atoms with van der Waals surface area (Å²) in [4.78, 5) is 13.2. The third-order valence-electron chi connectivity index (χ3n) is 2.73. The van der Waals surface area contributed by atoms with Crippen molar-refractivity contribution >= 4 is 18.7 Å². The van der Waals surface area contributed by atoms with E-state index in [1.807, 2.05) is 13.8 Å². The van der Waals surface area contributed by atoms with Crippen LogP contribution in [-0.4, -0.2) is 63.7 Å². The molecule has 0 saturated carbocycles. The Morgan fingerprint density at radius 3 is 2.46 bits per heavy atom. The van der Waals surface area contributed by atoms with Gasteiger partial charge in [0.1, 0.15) is 5.60 Å². The summed E-state index contributed by atoms with van der Waals surface area (Å²) in [5.41, 5.74) is 0.229. The molecule has 1 amide bonds. The van der Waals surface area contributed by atoms with Gasteiger partial charge in [0.25, 0.3) is 0 Å². The van der Waals surface area contributed by atoms with Gasteiger partial charge >= 0.3 is 13.2 Å². The van der Waals surface area contributed by atoms with Gasteiger partial charge in [0.2, 0.25) is 0 Å². The predicted octanol–water partition coefficient (Wildman–Crippen LogP) is 0.510. The van der Waals surface area contributed by atoms with Gasteiger partial charge in [-0.3, -0.25) is 4.68 Å². The molecule has 0 aromatic carbocycles. The number of carbonyl (C=O) groups excluding carboxylic acids is 1. The first-order chi connectivity index (χ1) is 11.1. The second kappa shape index (κ2) is 10.3. The first-order valence-corrected chi connectivity index (χ1v) is 8.00. The van der Waals surface area contributed by atoms with E-state index >= 15 is 0 Å². The fourth-order valence-corrected chi connectivity index (χ4v) is 1.68. The molecule has 8 nitrogen and oxygen atoms in total. The van der Waals surface area contributed by atoms with Gasteiger partial charge < -0.3 is 24.4 Å². The molecule has 0 aliphatic carbocycles. The van der Waals surface area contributed by atoms with Crippen LogP contribution < -0.4 is 5.46 Å². The zero-order chi connectivity index (χ0) is 18.9. The molecule has 0 aliphatic heterocycles. The van der Waals surface area contributed by atoms with E-state index in [0.29, 0.717) is 17.7 Å². The van der Waals surface area contributed by atoms with E-state index in [9.17, 15) is 14.8 Å². The van der Waals surface area contributed by atoms with E-state index in [4.69, 9.17) is 9.47 Å². The summed E-state index contributed by atoms with van der Waals surface area (Å²) in [5, 5.41) is 22.5. The lowest BCUT2D eigenvalue weighted by molar-refractivity contribution is 0.0220. The Kier molecular flexibility index (Phi) is 9.65. The first-order valence-electron chi connectivity index (χ1n) is 8.00. The summed E-state index contributed by atoms with van der Waals surface area (Å²) < 4.78 is 12.1. The van der Waals surface area contributed by atoms with Crippen LogP contribution in [0.5, 0.6) is 0 Å². The van der Waals surface area contributed by atoms with Crippen LogP contribution in [-0.2, 0) is 23.1 Å². The number of ether oxygens (including phenoxy) is 2. The van der Waals surface area contributed by atoms with Crippen LogP contribution in [0.2, 0.25) is 0 Å². The fourth-order valence-electron chi connectivity index (χ4n) is 1.68. The smallest absolute Gasteiger partial charge is 0.444 e. The Labute approximate surface area is 144 Å². The van der Waals surface area contributed by atoms with Crippen LogP contribution in [0.25, 0.3) is 0 Å². The van der Waals surface area contributed by atoms with Crippen LogP contribution in [0.3, 0.4) is 0 Å². The number of aryl methyl sites for hydroxylation is 1. The summed E-state index contributed by atoms with van der Waals surface area (Å²) in [6.45, 7) is 10.2. The van der Waals surface area contributed by atoms with Crippen molar-refractivity contribution in [3.8, 4) is 0 Å². The molecule has 0 unspecified atom stereocenters. The zero-order valence-electron chi connectivity index (χ0n) is 15.7. The number of carbonyl (C=O) groups is 1. The van der Waals surface area contributed by atoms with Crippen molar-refractivity contribution < 1.29 is 24.3 Å². The van der Waals surface area contributed by atoms with Gasteiger partial charge in [-0.1, -0.05) is 13.8 Å². The number of rotatable bonds is 6. The van der Waals surface area contributed by atoms with Gasteiger partial charge in [0.05, 0.1) is 18.9 Å². The Hall–Kier alpha value is -1.58. The van der Waals surface area contributed by atoms with E-state index in [1.165, 1.54) is 15.8 Å². The number of likely N-dealkylation sites (N-methyl/N-ethyl adjacent to an activating group) is 1. The van der Waals surface area contributed by atoms with E-state index in [-0.39, 0.29) is 13.2 Å². The monoisotopic (exact) mass is 343 g/mol. The molecule has 9 heteroatoms. The highest BCUT2D eigenvalue weighted by molar-refractivity contribution is 6.59. The van der Waals surface area contributed by atoms with Crippen LogP contribution in [0, 0.1) is 0 Å². The number of nitrogens with zero attached hydrogens (tertiary/aromatic N) is 3. The molecule has 0 fully saturated rings. The number of hydrogen-bond donors (Lipinski definition) is 2. The van der Waals surface area contributed by atoms with Crippen LogP contribution in [0.1, 0.15) is 40.3 Å². The van der Waals surface area contributed by atoms with Crippen LogP contribution in [0.4, 0.5) is 4.79 Å². The van der Waals surface area contributed by atoms with Crippen molar-refractivity contribution in [1.82, 2.24) is 14.7 Å². The minimum Gasteiger partial charge on any atom is -0.444 e. The molecule has 0 saturated heterocycles. The largest absolute Gasteiger partial charge is 0.492 e. The fraction of sp³-hybridized carbons (Fsp3) is 0.733. The molecule has 0 spiro atoms. The maximum Gasteiger partial charge on any atom is 0.492 e. The Morgan fingerprint density at radius 2 is 1.96 bits per heavy atom. The SMILES string of the molecule is CC.CN(CCOCc1nn(C)cc1B(O)O)C(=O)OC(C)(C)C. The van der Waals surface area contributed by atoms with Gasteiger partial charge in [-0.15, -0.1) is 0 Å². The Balaban J connectivity index is 0.00000254. The lowest BCUT2D eigenvalue weighted by atomic mass is 9.81. The highest BCUT2D eigenvalue weighted by atomic mass is 16.6. The van der Waals surface area contributed by atoms with Gasteiger partial charge in [-0.05, 0) is 20.8 Å². The molecular weight excluding hydrogens is 313 g/mol. The molecule has 0 radical (unpaired) electrons. The summed E-state index contributed by atoms with van der Waals surface area (Å²) >= 11 is 0. The third-order valence-corrected chi connectivity index (χ3v) is 2.73. The highest BCUT2D eigenvalue weighted by Gasteiger charge is 2.21. The second-order valence-corrected chi connectivity index (χ2v) is 6.03. The summed E-state index contributed by atoms with van der Waals surface area (Å²) in [6, 6.07) is 0. The quantitative estimate of drug-likeness (QED) is 0.577. The Bertz CT molecular complexity index is 500. The predicted molar refractivity (Wildman–Crippen MR) is 92.9 cm³/mol. The van der Waals surface area contributed by atoms with E-state index in [2.05, 4.69) is 5.10 Å². The van der Waals surface area contributed by atoms with E-state index < -0.39 is 18.8 Å². The Morgan fingerprint density at radius 1 is 1.38 bits per heavy atom. The maximum atomic E-state index is 11.7. The van der Waals surface area contributed by atoms with Crippen molar-refractivity contribution in [2.75, 3.05) is 20.2 Å². The van der Waals surface area contributed by atoms with Crippen molar-refractivity contribution in [1.29, 1.82) is 0 Å². The van der Waals surface area contributed by atoms with Gasteiger partial charge in [-0.2, -0.15) is 5.10 Å². The standard InChI is InChI=1S/C13H24BN3O5.C2H6/c1-13(2,3)22-12(18)16(4)6-7-21-9-11-10(14(19)20)8-17(5)15-11;1-2/h8,19-20H,6-7,9H2,1-5H3;1-2H3. The van der Waals surface area contributed by atoms with E-state index in [1.54, 1.807) is 34.9 Å². The first kappa shape index (κ1) is 22.4. The van der Waals surface area contributed by atoms with Gasteiger partial charge in [0, 0.05) is 32.3 Å². The topological polar surface area (TPSA) is 97.0 Å². The molecule has 0 aliphatic rings. The van der Waals surface area contributed by atoms with Crippen LogP contribution >= 0.6 is 0 Å². The maximum absolute atomic E-state index is 11.7. The van der Waals surface area contributed by atoms with Crippen LogP contribution in [0.15, 0.2) is 6.20 Å². The van der Waals surface area contributed by atoms with Gasteiger partial charge in [0.15, 0.2) is 0 Å².